The largest absolute Gasteiger partial charge is 0.493 e. The van der Waals surface area contributed by atoms with Crippen LogP contribution in [0.3, 0.4) is 0 Å². The number of ether oxygens (including phenoxy) is 2. The van der Waals surface area contributed by atoms with Crippen LogP contribution < -0.4 is 15.0 Å². The van der Waals surface area contributed by atoms with Gasteiger partial charge in [0.05, 0.1) is 19.1 Å². The number of carbonyl (C=O) groups excluding carboxylic acids is 2. The highest BCUT2D eigenvalue weighted by molar-refractivity contribution is 7.89. The van der Waals surface area contributed by atoms with Crippen LogP contribution in [0, 0.1) is 11.8 Å². The van der Waals surface area contributed by atoms with E-state index in [1.807, 2.05) is 6.07 Å². The highest BCUT2D eigenvalue weighted by Crippen LogP contribution is 2.39. The Bertz CT molecular complexity index is 1260. The molecule has 192 valence electrons. The maximum atomic E-state index is 13.1. The van der Waals surface area contributed by atoms with Crippen molar-refractivity contribution < 1.29 is 32.7 Å². The highest BCUT2D eigenvalue weighted by Gasteiger charge is 2.36. The van der Waals surface area contributed by atoms with Gasteiger partial charge in [-0.15, -0.1) is 0 Å². The molecule has 36 heavy (non-hydrogen) atoms. The van der Waals surface area contributed by atoms with E-state index in [0.717, 1.165) is 18.1 Å². The summed E-state index contributed by atoms with van der Waals surface area (Å²) >= 11 is 0. The molecular formula is C26H30N2O7S. The summed E-state index contributed by atoms with van der Waals surface area (Å²) in [5, 5.41) is 8.54. The number of nitrogens with zero attached hydrogens (tertiary/aromatic N) is 1. The van der Waals surface area contributed by atoms with Crippen molar-refractivity contribution in [3.8, 4) is 11.5 Å². The zero-order valence-corrected chi connectivity index (χ0v) is 21.1. The molecule has 0 radical (unpaired) electrons. The van der Waals surface area contributed by atoms with Gasteiger partial charge in [0, 0.05) is 30.6 Å². The molecule has 0 saturated carbocycles. The Balaban J connectivity index is 1.35. The minimum Gasteiger partial charge on any atom is -0.493 e. The summed E-state index contributed by atoms with van der Waals surface area (Å²) in [5.41, 5.74) is 3.79. The molecule has 10 heteroatoms. The van der Waals surface area contributed by atoms with Crippen LogP contribution in [0.25, 0.3) is 6.08 Å². The molecule has 1 atom stereocenters. The van der Waals surface area contributed by atoms with Gasteiger partial charge in [0.2, 0.25) is 10.0 Å². The maximum Gasteiger partial charge on any atom is 0.267 e. The van der Waals surface area contributed by atoms with Gasteiger partial charge in [0.1, 0.15) is 0 Å². The Hall–Kier alpha value is -3.21. The molecule has 1 aliphatic heterocycles. The van der Waals surface area contributed by atoms with Crippen LogP contribution in [0.2, 0.25) is 0 Å². The van der Waals surface area contributed by atoms with Crippen molar-refractivity contribution in [2.24, 2.45) is 11.8 Å². The molecule has 1 fully saturated rings. The number of amides is 1. The predicted molar refractivity (Wildman–Crippen MR) is 133 cm³/mol. The number of rotatable bonds is 8. The molecule has 2 N–H and O–H groups in total. The van der Waals surface area contributed by atoms with E-state index >= 15 is 0 Å². The van der Waals surface area contributed by atoms with E-state index < -0.39 is 15.9 Å². The second-order valence-electron chi connectivity index (χ2n) is 9.09. The van der Waals surface area contributed by atoms with Crippen LogP contribution in [0.5, 0.6) is 11.5 Å². The minimum atomic E-state index is -3.64. The quantitative estimate of drug-likeness (QED) is 0.315. The van der Waals surface area contributed by atoms with Gasteiger partial charge in [0.25, 0.3) is 5.91 Å². The van der Waals surface area contributed by atoms with Crippen LogP contribution in [0.1, 0.15) is 40.7 Å². The van der Waals surface area contributed by atoms with Crippen molar-refractivity contribution in [1.82, 2.24) is 9.79 Å². The molecule has 1 saturated heterocycles. The Morgan fingerprint density at radius 3 is 2.36 bits per heavy atom. The van der Waals surface area contributed by atoms with E-state index in [1.165, 1.54) is 28.0 Å². The van der Waals surface area contributed by atoms with Crippen molar-refractivity contribution in [3.05, 3.63) is 59.2 Å². The molecule has 2 aliphatic rings. The number of ketones is 1. The normalized spacial score (nSPS) is 18.9. The van der Waals surface area contributed by atoms with E-state index in [0.29, 0.717) is 55.0 Å². The number of sulfonamides is 1. The molecule has 1 amide bonds. The fourth-order valence-electron chi connectivity index (χ4n) is 4.98. The molecule has 2 aromatic rings. The van der Waals surface area contributed by atoms with Crippen LogP contribution in [0.15, 0.2) is 47.4 Å². The number of nitrogens with one attached hydrogen (secondary N) is 1. The predicted octanol–water partition coefficient (Wildman–Crippen LogP) is 3.07. The summed E-state index contributed by atoms with van der Waals surface area (Å²) in [4.78, 5) is 24.3. The third-order valence-electron chi connectivity index (χ3n) is 6.96. The molecule has 0 bridgehead atoms. The van der Waals surface area contributed by atoms with E-state index in [9.17, 15) is 18.0 Å². The lowest BCUT2D eigenvalue weighted by Gasteiger charge is -2.32. The van der Waals surface area contributed by atoms with Crippen molar-refractivity contribution in [3.63, 3.8) is 0 Å². The number of carbonyl (C=O) groups is 2. The zero-order chi connectivity index (χ0) is 25.9. The molecular weight excluding hydrogens is 484 g/mol. The number of benzene rings is 2. The lowest BCUT2D eigenvalue weighted by atomic mass is 9.86. The van der Waals surface area contributed by atoms with Crippen LogP contribution >= 0.6 is 0 Å². The highest BCUT2D eigenvalue weighted by atomic mass is 32.2. The smallest absolute Gasteiger partial charge is 0.267 e. The summed E-state index contributed by atoms with van der Waals surface area (Å²) in [6, 6.07) is 9.87. The van der Waals surface area contributed by atoms with Crippen molar-refractivity contribution >= 4 is 27.8 Å². The number of methoxy groups -OCH3 is 2. The minimum absolute atomic E-state index is 0.113. The summed E-state index contributed by atoms with van der Waals surface area (Å²) in [6.07, 6.45) is 5.41. The van der Waals surface area contributed by atoms with E-state index in [-0.39, 0.29) is 22.5 Å². The van der Waals surface area contributed by atoms with Crippen molar-refractivity contribution in [1.29, 1.82) is 0 Å². The number of fused-ring (bicyclic) bond motifs is 1. The molecule has 1 aliphatic carbocycles. The van der Waals surface area contributed by atoms with Gasteiger partial charge in [-0.05, 0) is 73.1 Å². The molecule has 4 rings (SSSR count). The van der Waals surface area contributed by atoms with E-state index in [2.05, 4.69) is 0 Å². The first-order valence-corrected chi connectivity index (χ1v) is 13.2. The van der Waals surface area contributed by atoms with Crippen molar-refractivity contribution in [2.45, 2.75) is 30.6 Å². The second-order valence-corrected chi connectivity index (χ2v) is 11.0. The van der Waals surface area contributed by atoms with Gasteiger partial charge in [-0.2, -0.15) is 4.31 Å². The second kappa shape index (κ2) is 10.8. The fourth-order valence-corrected chi connectivity index (χ4v) is 6.45. The first kappa shape index (κ1) is 25.9. The Kier molecular flexibility index (Phi) is 7.77. The number of hydrogen-bond acceptors (Lipinski definition) is 7. The van der Waals surface area contributed by atoms with E-state index in [1.54, 1.807) is 32.4 Å². The van der Waals surface area contributed by atoms with Gasteiger partial charge >= 0.3 is 0 Å². The molecule has 9 nitrogen and oxygen atoms in total. The van der Waals surface area contributed by atoms with Gasteiger partial charge < -0.3 is 9.47 Å². The Labute approximate surface area is 210 Å². The van der Waals surface area contributed by atoms with Crippen LogP contribution in [-0.2, 0) is 21.2 Å². The number of hydroxylamine groups is 1. The maximum absolute atomic E-state index is 13.1. The summed E-state index contributed by atoms with van der Waals surface area (Å²) in [6.45, 7) is 0.807. The summed E-state index contributed by atoms with van der Waals surface area (Å²) in [7, 11) is -0.517. The topological polar surface area (TPSA) is 122 Å². The van der Waals surface area contributed by atoms with Gasteiger partial charge in [-0.3, -0.25) is 14.8 Å². The van der Waals surface area contributed by atoms with E-state index in [4.69, 9.17) is 14.7 Å². The van der Waals surface area contributed by atoms with Crippen LogP contribution in [-0.4, -0.2) is 56.9 Å². The summed E-state index contributed by atoms with van der Waals surface area (Å²) < 4.78 is 38.4. The fraction of sp³-hybridized carbons (Fsp3) is 0.385. The lowest BCUT2D eigenvalue weighted by Crippen LogP contribution is -2.39. The van der Waals surface area contributed by atoms with Crippen LogP contribution in [0.4, 0.5) is 0 Å². The summed E-state index contributed by atoms with van der Waals surface area (Å²) in [5.74, 6) is 0.766. The Morgan fingerprint density at radius 1 is 1.11 bits per heavy atom. The number of hydrogen-bond donors (Lipinski definition) is 2. The third kappa shape index (κ3) is 5.30. The first-order chi connectivity index (χ1) is 17.3. The van der Waals surface area contributed by atoms with Gasteiger partial charge in [-0.1, -0.05) is 12.1 Å². The third-order valence-corrected chi connectivity index (χ3v) is 8.87. The average molecular weight is 515 g/mol. The number of piperidine rings is 1. The average Bonchev–Trinajstić information content (AvgIpc) is 3.20. The molecule has 0 aromatic heterocycles. The monoisotopic (exact) mass is 514 g/mol. The lowest BCUT2D eigenvalue weighted by molar-refractivity contribution is -0.124. The number of Topliss-reactive ketones (excluding diaryl/α,β-unsaturated/α-hetero) is 1. The van der Waals surface area contributed by atoms with Gasteiger partial charge in [0.15, 0.2) is 17.3 Å². The van der Waals surface area contributed by atoms with Crippen molar-refractivity contribution in [2.75, 3.05) is 27.3 Å². The molecule has 1 unspecified atom stereocenters. The first-order valence-electron chi connectivity index (χ1n) is 11.8. The molecule has 2 aromatic carbocycles. The molecule has 1 heterocycles. The zero-order valence-electron chi connectivity index (χ0n) is 20.3. The standard InChI is InChI=1S/C26H30N2O7S/c1-34-23-15-19-14-20(26(30)22(19)16-24(23)35-2)13-18-9-11-28(12-10-18)36(32,33)21-6-3-17(4-7-21)5-8-25(29)27-31/h3-8,15-16,18,20,31H,9-14H2,1-2H3,(H,27,29)/b8-5+. The molecule has 0 spiro atoms. The SMILES string of the molecule is COc1cc2c(cc1OC)C(=O)C(CC1CCN(S(=O)(=O)c3ccc(/C=C/C(=O)NO)cc3)CC1)C2. The Morgan fingerprint density at radius 2 is 1.75 bits per heavy atom. The van der Waals surface area contributed by atoms with Gasteiger partial charge in [-0.25, -0.2) is 13.9 Å².